The first kappa shape index (κ1) is 21.5. The smallest absolute Gasteiger partial charge is 0.328 e. The predicted molar refractivity (Wildman–Crippen MR) is 93.4 cm³/mol. The van der Waals surface area contributed by atoms with Gasteiger partial charge in [0.1, 0.15) is 6.04 Å². The van der Waals surface area contributed by atoms with Gasteiger partial charge in [0.15, 0.2) is 0 Å². The Kier molecular flexibility index (Phi) is 10.2. The molecule has 0 aromatic rings. The largest absolute Gasteiger partial charge is 0.464 e. The lowest BCUT2D eigenvalue weighted by Crippen LogP contribution is -2.44. The molecule has 0 bridgehead atoms. The number of likely N-dealkylation sites (tertiary alicyclic amines) is 1. The first-order chi connectivity index (χ1) is 12.0. The SMILES string of the molecule is C[C@H](CSCCN)C(=O)N1CCC[C@H]1C(=O)OCCCCO[N+](=O)[O-]. The summed E-state index contributed by atoms with van der Waals surface area (Å²) in [6, 6.07) is -0.524. The molecule has 0 aromatic carbocycles. The Balaban J connectivity index is 2.33. The molecule has 2 atom stereocenters. The summed E-state index contributed by atoms with van der Waals surface area (Å²) >= 11 is 1.63. The van der Waals surface area contributed by atoms with Crippen LogP contribution >= 0.6 is 11.8 Å². The molecule has 9 nitrogen and oxygen atoms in total. The summed E-state index contributed by atoms with van der Waals surface area (Å²) in [6.45, 7) is 3.16. The van der Waals surface area contributed by atoms with Crippen molar-refractivity contribution in [1.29, 1.82) is 0 Å². The summed E-state index contributed by atoms with van der Waals surface area (Å²) in [5.41, 5.74) is 5.45. The van der Waals surface area contributed by atoms with E-state index in [4.69, 9.17) is 10.5 Å². The first-order valence-corrected chi connectivity index (χ1v) is 9.65. The third-order valence-corrected chi connectivity index (χ3v) is 5.10. The van der Waals surface area contributed by atoms with Gasteiger partial charge in [0, 0.05) is 30.5 Å². The lowest BCUT2D eigenvalue weighted by atomic mass is 10.1. The number of rotatable bonds is 12. The number of hydrogen-bond donors (Lipinski definition) is 1. The fourth-order valence-electron chi connectivity index (χ4n) is 2.59. The maximum Gasteiger partial charge on any atom is 0.328 e. The zero-order valence-corrected chi connectivity index (χ0v) is 15.4. The number of amides is 1. The lowest BCUT2D eigenvalue weighted by molar-refractivity contribution is -0.757. The van der Waals surface area contributed by atoms with Gasteiger partial charge in [-0.25, -0.2) is 4.79 Å². The van der Waals surface area contributed by atoms with Crippen LogP contribution in [0.25, 0.3) is 0 Å². The fourth-order valence-corrected chi connectivity index (χ4v) is 3.41. The Hall–Kier alpha value is -1.55. The molecular formula is C15H27N3O6S. The summed E-state index contributed by atoms with van der Waals surface area (Å²) in [5.74, 6) is 0.906. The van der Waals surface area contributed by atoms with Crippen LogP contribution in [0.15, 0.2) is 0 Å². The van der Waals surface area contributed by atoms with Crippen molar-refractivity contribution in [3.8, 4) is 0 Å². The highest BCUT2D eigenvalue weighted by Gasteiger charge is 2.36. The average Bonchev–Trinajstić information content (AvgIpc) is 3.06. The molecule has 144 valence electrons. The zero-order chi connectivity index (χ0) is 18.7. The van der Waals surface area contributed by atoms with Crippen molar-refractivity contribution >= 4 is 23.6 Å². The van der Waals surface area contributed by atoms with E-state index < -0.39 is 17.1 Å². The van der Waals surface area contributed by atoms with Gasteiger partial charge in [-0.1, -0.05) is 6.92 Å². The number of esters is 1. The predicted octanol–water partition coefficient (Wildman–Crippen LogP) is 0.837. The Morgan fingerprint density at radius 1 is 1.40 bits per heavy atom. The topological polar surface area (TPSA) is 125 Å². The van der Waals surface area contributed by atoms with Gasteiger partial charge < -0.3 is 20.2 Å². The molecular weight excluding hydrogens is 350 g/mol. The van der Waals surface area contributed by atoms with Crippen LogP contribution in [0.3, 0.4) is 0 Å². The van der Waals surface area contributed by atoms with Gasteiger partial charge in [0.2, 0.25) is 5.91 Å². The molecule has 10 heteroatoms. The van der Waals surface area contributed by atoms with Crippen LogP contribution in [-0.4, -0.2) is 65.7 Å². The number of carbonyl (C=O) groups excluding carboxylic acids is 2. The lowest BCUT2D eigenvalue weighted by Gasteiger charge is -2.26. The summed E-state index contributed by atoms with van der Waals surface area (Å²) in [5, 5.41) is 9.16. The van der Waals surface area contributed by atoms with E-state index in [0.717, 1.165) is 12.2 Å². The third kappa shape index (κ3) is 7.91. The average molecular weight is 377 g/mol. The van der Waals surface area contributed by atoms with Crippen LogP contribution in [0.4, 0.5) is 0 Å². The molecule has 0 radical (unpaired) electrons. The molecule has 1 fully saturated rings. The third-order valence-electron chi connectivity index (χ3n) is 3.84. The number of nitrogens with zero attached hydrogens (tertiary/aromatic N) is 2. The Morgan fingerprint density at radius 2 is 2.12 bits per heavy atom. The molecule has 2 N–H and O–H groups in total. The number of thioether (sulfide) groups is 1. The van der Waals surface area contributed by atoms with Crippen molar-refractivity contribution < 1.29 is 24.3 Å². The van der Waals surface area contributed by atoms with Crippen LogP contribution in [0, 0.1) is 16.0 Å². The minimum Gasteiger partial charge on any atom is -0.464 e. The van der Waals surface area contributed by atoms with Crippen molar-refractivity contribution in [2.75, 3.05) is 37.8 Å². The van der Waals surface area contributed by atoms with Gasteiger partial charge in [-0.05, 0) is 25.7 Å². The molecule has 0 spiro atoms. The van der Waals surface area contributed by atoms with E-state index in [2.05, 4.69) is 4.84 Å². The van der Waals surface area contributed by atoms with E-state index in [1.807, 2.05) is 6.92 Å². The van der Waals surface area contributed by atoms with Crippen molar-refractivity contribution in [3.05, 3.63) is 10.1 Å². The monoisotopic (exact) mass is 377 g/mol. The van der Waals surface area contributed by atoms with E-state index >= 15 is 0 Å². The molecule has 1 heterocycles. The molecule has 0 saturated carbocycles. The van der Waals surface area contributed by atoms with E-state index in [1.54, 1.807) is 16.7 Å². The van der Waals surface area contributed by atoms with E-state index in [0.29, 0.717) is 38.1 Å². The molecule has 0 aliphatic carbocycles. The second-order valence-electron chi connectivity index (χ2n) is 5.89. The van der Waals surface area contributed by atoms with Crippen LogP contribution in [-0.2, 0) is 19.2 Å². The highest BCUT2D eigenvalue weighted by molar-refractivity contribution is 7.99. The van der Waals surface area contributed by atoms with Gasteiger partial charge in [0.05, 0.1) is 13.2 Å². The first-order valence-electron chi connectivity index (χ1n) is 8.49. The molecule has 1 aliphatic heterocycles. The van der Waals surface area contributed by atoms with Gasteiger partial charge in [-0.3, -0.25) is 4.79 Å². The highest BCUT2D eigenvalue weighted by atomic mass is 32.2. The molecule has 1 saturated heterocycles. The Bertz CT molecular complexity index is 451. The maximum absolute atomic E-state index is 12.5. The zero-order valence-electron chi connectivity index (χ0n) is 14.6. The van der Waals surface area contributed by atoms with Crippen molar-refractivity contribution in [2.45, 2.75) is 38.6 Å². The van der Waals surface area contributed by atoms with Crippen molar-refractivity contribution in [1.82, 2.24) is 4.90 Å². The fraction of sp³-hybridized carbons (Fsp3) is 0.867. The molecule has 25 heavy (non-hydrogen) atoms. The summed E-state index contributed by atoms with van der Waals surface area (Å²) in [6.07, 6.45) is 2.30. The van der Waals surface area contributed by atoms with E-state index in [9.17, 15) is 19.7 Å². The molecule has 0 unspecified atom stereocenters. The van der Waals surface area contributed by atoms with Crippen LogP contribution in [0.5, 0.6) is 0 Å². The highest BCUT2D eigenvalue weighted by Crippen LogP contribution is 2.22. The number of hydrogen-bond acceptors (Lipinski definition) is 8. The minimum absolute atomic E-state index is 0.0173. The van der Waals surface area contributed by atoms with Gasteiger partial charge in [0.25, 0.3) is 5.09 Å². The van der Waals surface area contributed by atoms with Crippen LogP contribution in [0.1, 0.15) is 32.6 Å². The summed E-state index contributed by atoms with van der Waals surface area (Å²) in [4.78, 5) is 40.5. The molecule has 1 rings (SSSR count). The normalized spacial score (nSPS) is 18.0. The summed E-state index contributed by atoms with van der Waals surface area (Å²) in [7, 11) is 0. The van der Waals surface area contributed by atoms with Gasteiger partial charge in [-0.15, -0.1) is 10.1 Å². The number of unbranched alkanes of at least 4 members (excludes halogenated alkanes) is 1. The van der Waals surface area contributed by atoms with Gasteiger partial charge in [-0.2, -0.15) is 11.8 Å². The maximum atomic E-state index is 12.5. The Morgan fingerprint density at radius 3 is 2.80 bits per heavy atom. The van der Waals surface area contributed by atoms with E-state index in [-0.39, 0.29) is 25.0 Å². The Labute approximate surface area is 151 Å². The second-order valence-corrected chi connectivity index (χ2v) is 7.04. The van der Waals surface area contributed by atoms with Crippen molar-refractivity contribution in [3.63, 3.8) is 0 Å². The quantitative estimate of drug-likeness (QED) is 0.229. The number of ether oxygens (including phenoxy) is 1. The van der Waals surface area contributed by atoms with Crippen LogP contribution < -0.4 is 5.73 Å². The van der Waals surface area contributed by atoms with Crippen LogP contribution in [0.2, 0.25) is 0 Å². The molecule has 0 aromatic heterocycles. The molecule has 1 aliphatic rings. The summed E-state index contributed by atoms with van der Waals surface area (Å²) < 4.78 is 5.21. The van der Waals surface area contributed by atoms with E-state index in [1.165, 1.54) is 0 Å². The minimum atomic E-state index is -0.846. The number of carbonyl (C=O) groups is 2. The van der Waals surface area contributed by atoms with Gasteiger partial charge >= 0.3 is 5.97 Å². The van der Waals surface area contributed by atoms with Crippen molar-refractivity contribution in [2.24, 2.45) is 11.7 Å². The number of nitrogens with two attached hydrogens (primary N) is 1. The second kappa shape index (κ2) is 11.9. The standard InChI is InChI=1S/C15H27N3O6S/c1-12(11-25-10-6-16)14(19)17-7-4-5-13(17)15(20)23-8-2-3-9-24-18(21)22/h12-13H,2-11,16H2,1H3/t12-,13+/m1/s1. The molecule has 1 amide bonds.